The summed E-state index contributed by atoms with van der Waals surface area (Å²) in [6.07, 6.45) is -4.32. The molecule has 0 aliphatic heterocycles. The summed E-state index contributed by atoms with van der Waals surface area (Å²) in [5.74, 6) is 0.278. The van der Waals surface area contributed by atoms with Crippen molar-refractivity contribution in [2.24, 2.45) is 0 Å². The van der Waals surface area contributed by atoms with Crippen molar-refractivity contribution < 1.29 is 22.9 Å². The summed E-state index contributed by atoms with van der Waals surface area (Å²) in [5, 5.41) is 0. The lowest BCUT2D eigenvalue weighted by molar-refractivity contribution is -0.178. The van der Waals surface area contributed by atoms with Gasteiger partial charge in [-0.05, 0) is 30.7 Å². The Balaban J connectivity index is 3.01. The fourth-order valence-corrected chi connectivity index (χ4v) is 1.01. The number of alkyl halides is 3. The molecule has 0 aromatic heterocycles. The average molecular weight is 206 g/mol. The minimum atomic E-state index is -4.32. The zero-order valence-corrected chi connectivity index (χ0v) is 7.68. The maximum atomic E-state index is 12.2. The molecule has 0 fully saturated rings. The Morgan fingerprint density at radius 1 is 1.21 bits per heavy atom. The van der Waals surface area contributed by atoms with Gasteiger partial charge < -0.3 is 4.89 Å². The van der Waals surface area contributed by atoms with Gasteiger partial charge >= 0.3 is 6.18 Å². The minimum absolute atomic E-state index is 0.278. The predicted octanol–water partition coefficient (Wildman–Crippen LogP) is 2.95. The predicted molar refractivity (Wildman–Crippen MR) is 43.8 cm³/mol. The molecule has 0 amide bonds. The fraction of sp³-hybridized carbons (Fsp3) is 0.333. The highest BCUT2D eigenvalue weighted by Crippen LogP contribution is 2.32. The first-order valence-corrected chi connectivity index (χ1v) is 3.83. The Hall–Kier alpha value is -1.23. The van der Waals surface area contributed by atoms with E-state index >= 15 is 0 Å². The van der Waals surface area contributed by atoms with Crippen molar-refractivity contribution in [3.05, 3.63) is 29.3 Å². The molecule has 0 saturated heterocycles. The van der Waals surface area contributed by atoms with Gasteiger partial charge in [-0.3, -0.25) is 0 Å². The van der Waals surface area contributed by atoms with Crippen LogP contribution in [0.2, 0.25) is 0 Å². The molecule has 5 heteroatoms. The summed E-state index contributed by atoms with van der Waals surface area (Å²) in [6, 6.07) is 3.18. The van der Waals surface area contributed by atoms with E-state index in [2.05, 4.69) is 9.78 Å². The summed E-state index contributed by atoms with van der Waals surface area (Å²) >= 11 is 0. The summed E-state index contributed by atoms with van der Waals surface area (Å²) in [6.45, 7) is 1.52. The van der Waals surface area contributed by atoms with Crippen molar-refractivity contribution in [3.63, 3.8) is 0 Å². The van der Waals surface area contributed by atoms with Crippen LogP contribution < -0.4 is 4.89 Å². The molecular formula is C9H9F3O2. The number of aryl methyl sites for hydroxylation is 1. The minimum Gasteiger partial charge on any atom is -0.338 e. The zero-order chi connectivity index (χ0) is 10.8. The van der Waals surface area contributed by atoms with Crippen LogP contribution in [0.15, 0.2) is 18.2 Å². The van der Waals surface area contributed by atoms with Crippen molar-refractivity contribution in [2.45, 2.75) is 13.1 Å². The third-order valence-corrected chi connectivity index (χ3v) is 1.68. The molecular weight excluding hydrogens is 197 g/mol. The molecule has 78 valence electrons. The van der Waals surface area contributed by atoms with Crippen LogP contribution in [0.1, 0.15) is 11.1 Å². The van der Waals surface area contributed by atoms with E-state index in [-0.39, 0.29) is 5.75 Å². The Morgan fingerprint density at radius 3 is 2.29 bits per heavy atom. The molecule has 0 aliphatic carbocycles. The number of benzene rings is 1. The van der Waals surface area contributed by atoms with E-state index in [4.69, 9.17) is 0 Å². The maximum absolute atomic E-state index is 12.2. The van der Waals surface area contributed by atoms with Crippen LogP contribution in [-0.2, 0) is 11.1 Å². The van der Waals surface area contributed by atoms with Gasteiger partial charge in [0.2, 0.25) is 0 Å². The SMILES string of the molecule is COOc1ccc(C(F)(F)F)cc1C. The molecule has 0 unspecified atom stereocenters. The van der Waals surface area contributed by atoms with Gasteiger partial charge in [0.05, 0.1) is 12.7 Å². The molecule has 14 heavy (non-hydrogen) atoms. The van der Waals surface area contributed by atoms with Gasteiger partial charge in [0.15, 0.2) is 5.75 Å². The molecule has 1 rings (SSSR count). The summed E-state index contributed by atoms with van der Waals surface area (Å²) in [7, 11) is 1.29. The first-order chi connectivity index (χ1) is 6.45. The van der Waals surface area contributed by atoms with Crippen molar-refractivity contribution in [1.29, 1.82) is 0 Å². The van der Waals surface area contributed by atoms with Gasteiger partial charge in [-0.15, -0.1) is 0 Å². The van der Waals surface area contributed by atoms with Gasteiger partial charge in [-0.25, -0.2) is 0 Å². The van der Waals surface area contributed by atoms with Crippen LogP contribution >= 0.6 is 0 Å². The van der Waals surface area contributed by atoms with Crippen molar-refractivity contribution in [3.8, 4) is 5.75 Å². The van der Waals surface area contributed by atoms with Crippen LogP contribution in [0, 0.1) is 6.92 Å². The number of hydrogen-bond acceptors (Lipinski definition) is 2. The standard InChI is InChI=1S/C9H9F3O2/c1-6-5-7(9(10,11)12)3-4-8(6)14-13-2/h3-5H,1-2H3. The van der Waals surface area contributed by atoms with Crippen molar-refractivity contribution in [1.82, 2.24) is 0 Å². The van der Waals surface area contributed by atoms with Crippen molar-refractivity contribution in [2.75, 3.05) is 7.11 Å². The second kappa shape index (κ2) is 3.88. The van der Waals surface area contributed by atoms with Crippen LogP contribution in [-0.4, -0.2) is 7.11 Å². The molecule has 0 aliphatic rings. The molecule has 0 spiro atoms. The van der Waals surface area contributed by atoms with E-state index in [9.17, 15) is 13.2 Å². The van der Waals surface area contributed by atoms with Gasteiger partial charge in [0.1, 0.15) is 0 Å². The third kappa shape index (κ3) is 2.38. The lowest BCUT2D eigenvalue weighted by Crippen LogP contribution is -2.05. The highest BCUT2D eigenvalue weighted by atomic mass is 19.4. The topological polar surface area (TPSA) is 18.5 Å². The number of halogens is 3. The molecule has 0 heterocycles. The molecule has 0 saturated carbocycles. The number of rotatable bonds is 2. The monoisotopic (exact) mass is 206 g/mol. The molecule has 0 atom stereocenters. The Labute approximate surface area is 79.2 Å². The first-order valence-electron chi connectivity index (χ1n) is 3.83. The largest absolute Gasteiger partial charge is 0.416 e. The molecule has 0 radical (unpaired) electrons. The van der Waals surface area contributed by atoms with Crippen LogP contribution in [0.3, 0.4) is 0 Å². The van der Waals surface area contributed by atoms with E-state index in [0.717, 1.165) is 12.1 Å². The summed E-state index contributed by atoms with van der Waals surface area (Å²) in [4.78, 5) is 8.99. The molecule has 0 bridgehead atoms. The second-order valence-corrected chi connectivity index (χ2v) is 2.73. The molecule has 1 aromatic rings. The number of hydrogen-bond donors (Lipinski definition) is 0. The zero-order valence-electron chi connectivity index (χ0n) is 7.68. The molecule has 0 N–H and O–H groups in total. The van der Waals surface area contributed by atoms with E-state index in [1.165, 1.54) is 20.1 Å². The van der Waals surface area contributed by atoms with Gasteiger partial charge in [0, 0.05) is 0 Å². The molecule has 1 aromatic carbocycles. The lowest BCUT2D eigenvalue weighted by Gasteiger charge is -2.09. The summed E-state index contributed by atoms with van der Waals surface area (Å²) in [5.41, 5.74) is -0.319. The van der Waals surface area contributed by atoms with E-state index < -0.39 is 11.7 Å². The first kappa shape index (κ1) is 10.8. The van der Waals surface area contributed by atoms with Gasteiger partial charge in [-0.1, -0.05) is 0 Å². The van der Waals surface area contributed by atoms with E-state index in [1.807, 2.05) is 0 Å². The highest BCUT2D eigenvalue weighted by molar-refractivity contribution is 5.36. The summed E-state index contributed by atoms with van der Waals surface area (Å²) < 4.78 is 36.6. The Morgan fingerprint density at radius 2 is 1.86 bits per heavy atom. The van der Waals surface area contributed by atoms with E-state index in [0.29, 0.717) is 5.56 Å². The van der Waals surface area contributed by atoms with Gasteiger partial charge in [0.25, 0.3) is 0 Å². The van der Waals surface area contributed by atoms with Gasteiger partial charge in [-0.2, -0.15) is 18.1 Å². The quantitative estimate of drug-likeness (QED) is 0.547. The smallest absolute Gasteiger partial charge is 0.338 e. The molecule has 2 nitrogen and oxygen atoms in total. The van der Waals surface area contributed by atoms with Crippen molar-refractivity contribution >= 4 is 0 Å². The second-order valence-electron chi connectivity index (χ2n) is 2.73. The average Bonchev–Trinajstić information content (AvgIpc) is 2.07. The van der Waals surface area contributed by atoms with Crippen LogP contribution in [0.5, 0.6) is 5.75 Å². The van der Waals surface area contributed by atoms with E-state index in [1.54, 1.807) is 0 Å². The fourth-order valence-electron chi connectivity index (χ4n) is 1.01. The van der Waals surface area contributed by atoms with Crippen LogP contribution in [0.4, 0.5) is 13.2 Å². The third-order valence-electron chi connectivity index (χ3n) is 1.68. The van der Waals surface area contributed by atoms with Crippen LogP contribution in [0.25, 0.3) is 0 Å². The lowest BCUT2D eigenvalue weighted by atomic mass is 10.1. The highest BCUT2D eigenvalue weighted by Gasteiger charge is 2.30. The Kier molecular flexibility index (Phi) is 3.00. The normalized spacial score (nSPS) is 11.5. The Bertz CT molecular complexity index is 320. The maximum Gasteiger partial charge on any atom is 0.416 e.